The maximum atomic E-state index is 10.7. The maximum Gasteiger partial charge on any atom is 0.302 e. The van der Waals surface area contributed by atoms with Gasteiger partial charge in [0.25, 0.3) is 0 Å². The summed E-state index contributed by atoms with van der Waals surface area (Å²) in [5.74, 6) is 0.582. The van der Waals surface area contributed by atoms with E-state index in [1.165, 1.54) is 19.8 Å². The summed E-state index contributed by atoms with van der Waals surface area (Å²) in [5, 5.41) is 0. The van der Waals surface area contributed by atoms with Gasteiger partial charge in [0, 0.05) is 12.8 Å². The Morgan fingerprint density at radius 1 is 1.29 bits per heavy atom. The first kappa shape index (κ1) is 13.8. The van der Waals surface area contributed by atoms with Crippen molar-refractivity contribution < 1.29 is 9.53 Å². The molecule has 0 heterocycles. The number of hydrogen-bond donors (Lipinski definition) is 0. The van der Waals surface area contributed by atoms with Crippen molar-refractivity contribution in [2.24, 2.45) is 0 Å². The summed E-state index contributed by atoms with van der Waals surface area (Å²) < 4.78 is 5.14. The van der Waals surface area contributed by atoms with Gasteiger partial charge in [-0.3, -0.25) is 4.79 Å². The van der Waals surface area contributed by atoms with Crippen LogP contribution in [0.1, 0.15) is 52.4 Å². The largest absolute Gasteiger partial charge is 0.463 e. The summed E-state index contributed by atoms with van der Waals surface area (Å²) in [7, 11) is 0. The number of halogens is 1. The molecule has 0 amide bonds. The second-order valence-corrected chi connectivity index (χ2v) is 3.91. The highest BCUT2D eigenvalue weighted by molar-refractivity contribution is 6.17. The van der Waals surface area contributed by atoms with Gasteiger partial charge in [0.2, 0.25) is 0 Å². The molecule has 0 spiro atoms. The maximum absolute atomic E-state index is 10.7. The Hall–Kier alpha value is -0.240. The zero-order valence-corrected chi connectivity index (χ0v) is 9.98. The molecule has 0 aliphatic carbocycles. The number of rotatable bonds is 8. The van der Waals surface area contributed by atoms with Crippen molar-refractivity contribution in [2.45, 2.75) is 58.5 Å². The number of esters is 1. The Bertz CT molecular complexity index is 148. The monoisotopic (exact) mass is 220 g/mol. The molecule has 0 aromatic heterocycles. The molecule has 0 aromatic carbocycles. The Morgan fingerprint density at radius 2 is 1.93 bits per heavy atom. The number of hydrogen-bond acceptors (Lipinski definition) is 2. The number of carbonyl (C=O) groups is 1. The van der Waals surface area contributed by atoms with E-state index < -0.39 is 0 Å². The molecule has 3 heteroatoms. The van der Waals surface area contributed by atoms with Gasteiger partial charge in [0.15, 0.2) is 0 Å². The summed E-state index contributed by atoms with van der Waals surface area (Å²) in [6, 6.07) is 0. The van der Waals surface area contributed by atoms with Gasteiger partial charge in [0.1, 0.15) is 6.10 Å². The van der Waals surface area contributed by atoms with Crippen LogP contribution in [0.15, 0.2) is 0 Å². The second kappa shape index (κ2) is 9.32. The van der Waals surface area contributed by atoms with E-state index >= 15 is 0 Å². The van der Waals surface area contributed by atoms with Crippen LogP contribution in [-0.4, -0.2) is 18.0 Å². The van der Waals surface area contributed by atoms with Crippen LogP contribution in [0, 0.1) is 0 Å². The quantitative estimate of drug-likeness (QED) is 0.356. The zero-order chi connectivity index (χ0) is 10.8. The van der Waals surface area contributed by atoms with E-state index in [9.17, 15) is 4.79 Å². The Morgan fingerprint density at radius 3 is 2.43 bits per heavy atom. The average molecular weight is 221 g/mol. The minimum atomic E-state index is -0.169. The van der Waals surface area contributed by atoms with Gasteiger partial charge in [-0.2, -0.15) is 0 Å². The first-order valence-corrected chi connectivity index (χ1v) is 5.97. The van der Waals surface area contributed by atoms with Crippen molar-refractivity contribution in [1.29, 1.82) is 0 Å². The van der Waals surface area contributed by atoms with Crippen molar-refractivity contribution in [2.75, 3.05) is 5.88 Å². The molecule has 0 aromatic rings. The van der Waals surface area contributed by atoms with Crippen molar-refractivity contribution in [3.63, 3.8) is 0 Å². The van der Waals surface area contributed by atoms with Gasteiger partial charge in [-0.05, 0) is 25.7 Å². The molecule has 84 valence electrons. The molecule has 14 heavy (non-hydrogen) atoms. The van der Waals surface area contributed by atoms with Crippen LogP contribution in [0.2, 0.25) is 0 Å². The molecule has 0 aliphatic heterocycles. The fourth-order valence-electron chi connectivity index (χ4n) is 1.40. The number of carbonyl (C=O) groups excluding carboxylic acids is 1. The summed E-state index contributed by atoms with van der Waals surface area (Å²) in [6.45, 7) is 3.52. The van der Waals surface area contributed by atoms with Crippen molar-refractivity contribution in [3.05, 3.63) is 0 Å². The normalized spacial score (nSPS) is 12.5. The highest BCUT2D eigenvalue weighted by atomic mass is 35.5. The zero-order valence-electron chi connectivity index (χ0n) is 9.22. The summed E-state index contributed by atoms with van der Waals surface area (Å²) in [4.78, 5) is 10.7. The van der Waals surface area contributed by atoms with E-state index in [4.69, 9.17) is 16.3 Å². The van der Waals surface area contributed by atoms with Crippen molar-refractivity contribution in [3.8, 4) is 0 Å². The Balaban J connectivity index is 3.38. The van der Waals surface area contributed by atoms with E-state index in [0.29, 0.717) is 0 Å². The molecule has 0 radical (unpaired) electrons. The molecular weight excluding hydrogens is 200 g/mol. The van der Waals surface area contributed by atoms with Gasteiger partial charge in [-0.15, -0.1) is 11.6 Å². The molecule has 0 bridgehead atoms. The van der Waals surface area contributed by atoms with E-state index in [0.717, 1.165) is 31.6 Å². The summed E-state index contributed by atoms with van der Waals surface area (Å²) >= 11 is 5.57. The SMILES string of the molecule is CCC(CCCCCCCl)OC(C)=O. The number of ether oxygens (including phenoxy) is 1. The van der Waals surface area contributed by atoms with Crippen LogP contribution < -0.4 is 0 Å². The van der Waals surface area contributed by atoms with Crippen LogP contribution in [0.3, 0.4) is 0 Å². The molecular formula is C11H21ClO2. The second-order valence-electron chi connectivity index (χ2n) is 3.53. The summed E-state index contributed by atoms with van der Waals surface area (Å²) in [5.41, 5.74) is 0. The van der Waals surface area contributed by atoms with Crippen LogP contribution in [0.5, 0.6) is 0 Å². The smallest absolute Gasteiger partial charge is 0.302 e. The summed E-state index contributed by atoms with van der Waals surface area (Å²) in [6.07, 6.45) is 6.59. The Labute approximate surface area is 92.0 Å². The van der Waals surface area contributed by atoms with E-state index in [1.807, 2.05) is 6.92 Å². The van der Waals surface area contributed by atoms with Gasteiger partial charge >= 0.3 is 5.97 Å². The minimum Gasteiger partial charge on any atom is -0.463 e. The lowest BCUT2D eigenvalue weighted by atomic mass is 10.1. The third kappa shape index (κ3) is 8.36. The lowest BCUT2D eigenvalue weighted by molar-refractivity contribution is -0.146. The molecule has 2 nitrogen and oxygen atoms in total. The first-order chi connectivity index (χ1) is 6.70. The lowest BCUT2D eigenvalue weighted by Crippen LogP contribution is -2.14. The topological polar surface area (TPSA) is 26.3 Å². The predicted octanol–water partition coefficient (Wildman–Crippen LogP) is 3.52. The van der Waals surface area contributed by atoms with E-state index in [-0.39, 0.29) is 12.1 Å². The molecule has 0 N–H and O–H groups in total. The van der Waals surface area contributed by atoms with Crippen molar-refractivity contribution in [1.82, 2.24) is 0 Å². The van der Waals surface area contributed by atoms with Gasteiger partial charge in [-0.1, -0.05) is 19.8 Å². The number of alkyl halides is 1. The predicted molar refractivity (Wildman–Crippen MR) is 59.7 cm³/mol. The van der Waals surface area contributed by atoms with Crippen LogP contribution in [-0.2, 0) is 9.53 Å². The molecule has 1 atom stereocenters. The molecule has 0 rings (SSSR count). The molecule has 0 aliphatic rings. The van der Waals surface area contributed by atoms with Gasteiger partial charge in [0.05, 0.1) is 0 Å². The van der Waals surface area contributed by atoms with E-state index in [2.05, 4.69) is 0 Å². The molecule has 0 saturated carbocycles. The fraction of sp³-hybridized carbons (Fsp3) is 0.909. The molecule has 0 saturated heterocycles. The molecule has 0 fully saturated rings. The van der Waals surface area contributed by atoms with Crippen molar-refractivity contribution >= 4 is 17.6 Å². The van der Waals surface area contributed by atoms with Gasteiger partial charge in [-0.25, -0.2) is 0 Å². The van der Waals surface area contributed by atoms with Crippen LogP contribution in [0.4, 0.5) is 0 Å². The highest BCUT2D eigenvalue weighted by Gasteiger charge is 2.08. The third-order valence-electron chi connectivity index (χ3n) is 2.20. The first-order valence-electron chi connectivity index (χ1n) is 5.43. The van der Waals surface area contributed by atoms with Gasteiger partial charge < -0.3 is 4.74 Å². The average Bonchev–Trinajstić information content (AvgIpc) is 2.15. The lowest BCUT2D eigenvalue weighted by Gasteiger charge is -2.14. The Kier molecular flexibility index (Phi) is 9.16. The highest BCUT2D eigenvalue weighted by Crippen LogP contribution is 2.11. The van der Waals surface area contributed by atoms with Crippen LogP contribution in [0.25, 0.3) is 0 Å². The molecule has 1 unspecified atom stereocenters. The number of unbranched alkanes of at least 4 members (excludes halogenated alkanes) is 3. The van der Waals surface area contributed by atoms with Crippen LogP contribution >= 0.6 is 11.6 Å². The van der Waals surface area contributed by atoms with E-state index in [1.54, 1.807) is 0 Å². The standard InChI is InChI=1S/C11H21ClO2/c1-3-11(14-10(2)13)8-6-4-5-7-9-12/h11H,3-9H2,1-2H3. The fourth-order valence-corrected chi connectivity index (χ4v) is 1.59. The third-order valence-corrected chi connectivity index (χ3v) is 2.46. The minimum absolute atomic E-state index is 0.114.